The molecule has 1 aliphatic rings. The highest BCUT2D eigenvalue weighted by Crippen LogP contribution is 2.37. The van der Waals surface area contributed by atoms with E-state index in [9.17, 15) is 18.0 Å². The van der Waals surface area contributed by atoms with Crippen LogP contribution in [0.15, 0.2) is 59.6 Å². The molecule has 0 bridgehead atoms. The van der Waals surface area contributed by atoms with Gasteiger partial charge in [0.2, 0.25) is 0 Å². The average Bonchev–Trinajstić information content (AvgIpc) is 2.96. The van der Waals surface area contributed by atoms with Gasteiger partial charge in [0.25, 0.3) is 5.91 Å². The minimum atomic E-state index is -4.28. The number of amidine groups is 1. The van der Waals surface area contributed by atoms with E-state index in [0.717, 1.165) is 11.8 Å². The fraction of sp³-hybridized carbons (Fsp3) is 0.222. The number of aliphatic imine (C=N–C) groups is 1. The summed E-state index contributed by atoms with van der Waals surface area (Å²) in [5.41, 5.74) is 0.986. The topological polar surface area (TPSA) is 32.7 Å². The molecule has 0 radical (unpaired) electrons. The van der Waals surface area contributed by atoms with Gasteiger partial charge < -0.3 is 4.90 Å². The van der Waals surface area contributed by atoms with Gasteiger partial charge in [-0.25, -0.2) is 0 Å². The van der Waals surface area contributed by atoms with Crippen LogP contribution < -0.4 is 4.90 Å². The Morgan fingerprint density at radius 3 is 2.58 bits per heavy atom. The molecule has 0 aromatic heterocycles. The zero-order valence-corrected chi connectivity index (χ0v) is 15.0. The first-order valence-corrected chi connectivity index (χ1v) is 9.02. The smallest absolute Gasteiger partial charge is 0.320 e. The number of anilines is 1. The molecule has 0 aliphatic carbocycles. The third-order valence-corrected chi connectivity index (χ3v) is 5.09. The average molecular weight is 399 g/mol. The number of thioether (sulfide) groups is 1. The van der Waals surface area contributed by atoms with Gasteiger partial charge in [0.05, 0.1) is 6.42 Å². The first kappa shape index (κ1) is 18.8. The van der Waals surface area contributed by atoms with Crippen LogP contribution in [0.25, 0.3) is 0 Å². The molecule has 1 saturated heterocycles. The van der Waals surface area contributed by atoms with E-state index in [0.29, 0.717) is 16.3 Å². The zero-order chi connectivity index (χ0) is 18.7. The molecule has 8 heteroatoms. The minimum absolute atomic E-state index is 0.103. The summed E-state index contributed by atoms with van der Waals surface area (Å²) in [6.07, 6.45) is -5.23. The van der Waals surface area contributed by atoms with Crippen LogP contribution in [0, 0.1) is 0 Å². The van der Waals surface area contributed by atoms with E-state index in [-0.39, 0.29) is 11.7 Å². The van der Waals surface area contributed by atoms with Crippen molar-refractivity contribution in [2.45, 2.75) is 17.8 Å². The number of amides is 1. The lowest BCUT2D eigenvalue weighted by atomic mass is 10.2. The van der Waals surface area contributed by atoms with Crippen molar-refractivity contribution in [2.24, 2.45) is 4.99 Å². The first-order valence-electron chi connectivity index (χ1n) is 7.76. The Morgan fingerprint density at radius 2 is 1.92 bits per heavy atom. The number of benzene rings is 2. The Kier molecular flexibility index (Phi) is 5.58. The van der Waals surface area contributed by atoms with Crippen LogP contribution in [-0.4, -0.2) is 29.0 Å². The van der Waals surface area contributed by atoms with Gasteiger partial charge in [-0.2, -0.15) is 18.2 Å². The van der Waals surface area contributed by atoms with Gasteiger partial charge in [-0.1, -0.05) is 47.6 Å². The molecule has 3 rings (SSSR count). The minimum Gasteiger partial charge on any atom is -0.320 e. The van der Waals surface area contributed by atoms with Crippen LogP contribution in [0.5, 0.6) is 0 Å². The quantitative estimate of drug-likeness (QED) is 0.693. The number of alkyl halides is 3. The Balaban J connectivity index is 1.90. The number of carbonyl (C=O) groups excluding carboxylic acids is 1. The second kappa shape index (κ2) is 7.72. The van der Waals surface area contributed by atoms with Crippen molar-refractivity contribution in [1.29, 1.82) is 0 Å². The molecule has 1 atom stereocenters. The largest absolute Gasteiger partial charge is 0.390 e. The summed E-state index contributed by atoms with van der Waals surface area (Å²) in [7, 11) is 0. The van der Waals surface area contributed by atoms with Gasteiger partial charge in [0.15, 0.2) is 5.17 Å². The van der Waals surface area contributed by atoms with E-state index in [1.165, 1.54) is 0 Å². The van der Waals surface area contributed by atoms with Crippen LogP contribution >= 0.6 is 23.4 Å². The van der Waals surface area contributed by atoms with Gasteiger partial charge >= 0.3 is 6.18 Å². The van der Waals surface area contributed by atoms with E-state index in [1.807, 2.05) is 0 Å². The number of hydrogen-bond donors (Lipinski definition) is 0. The third kappa shape index (κ3) is 4.80. The third-order valence-electron chi connectivity index (χ3n) is 3.69. The molecule has 3 nitrogen and oxygen atoms in total. The Morgan fingerprint density at radius 1 is 1.19 bits per heavy atom. The lowest BCUT2D eigenvalue weighted by Gasteiger charge is -2.18. The molecule has 0 spiro atoms. The lowest BCUT2D eigenvalue weighted by Crippen LogP contribution is -2.27. The molecule has 1 heterocycles. The fourth-order valence-electron chi connectivity index (χ4n) is 2.57. The summed E-state index contributed by atoms with van der Waals surface area (Å²) in [5.74, 6) is -0.493. The zero-order valence-electron chi connectivity index (χ0n) is 13.4. The number of carbonyl (C=O) groups is 1. The van der Waals surface area contributed by atoms with Gasteiger partial charge in [-0.3, -0.25) is 4.79 Å². The van der Waals surface area contributed by atoms with Crippen LogP contribution in [-0.2, 0) is 0 Å². The van der Waals surface area contributed by atoms with Crippen molar-refractivity contribution in [3.05, 3.63) is 65.2 Å². The molecule has 1 amide bonds. The summed E-state index contributed by atoms with van der Waals surface area (Å²) in [5, 5.41) is -0.0350. The lowest BCUT2D eigenvalue weighted by molar-refractivity contribution is -0.133. The molecule has 26 heavy (non-hydrogen) atoms. The number of nitrogens with zero attached hydrogens (tertiary/aromatic N) is 2. The first-order chi connectivity index (χ1) is 12.3. The van der Waals surface area contributed by atoms with E-state index in [4.69, 9.17) is 11.6 Å². The van der Waals surface area contributed by atoms with E-state index in [2.05, 4.69) is 4.99 Å². The standard InChI is InChI=1S/C18H14ClF3N2OS/c19-13-7-4-8-14(9-13)24-11-15(10-18(20,21)22)26-17(24)23-16(25)12-5-2-1-3-6-12/h1-9,15H,10-11H2. The monoisotopic (exact) mass is 398 g/mol. The molecule has 1 fully saturated rings. The van der Waals surface area contributed by atoms with Crippen molar-refractivity contribution < 1.29 is 18.0 Å². The molecule has 0 N–H and O–H groups in total. The molecule has 1 unspecified atom stereocenters. The van der Waals surface area contributed by atoms with Gasteiger partial charge in [-0.05, 0) is 30.3 Å². The molecule has 0 saturated carbocycles. The van der Waals surface area contributed by atoms with Crippen LogP contribution in [0.4, 0.5) is 18.9 Å². The van der Waals surface area contributed by atoms with E-state index >= 15 is 0 Å². The van der Waals surface area contributed by atoms with Crippen molar-refractivity contribution in [3.8, 4) is 0 Å². The van der Waals surface area contributed by atoms with Crippen molar-refractivity contribution in [3.63, 3.8) is 0 Å². The summed E-state index contributed by atoms with van der Waals surface area (Å²) < 4.78 is 38.4. The highest BCUT2D eigenvalue weighted by Gasteiger charge is 2.39. The maximum absolute atomic E-state index is 12.8. The molecule has 2 aromatic carbocycles. The van der Waals surface area contributed by atoms with Crippen LogP contribution in [0.3, 0.4) is 0 Å². The summed E-state index contributed by atoms with van der Waals surface area (Å²) in [4.78, 5) is 18.0. The van der Waals surface area contributed by atoms with E-state index < -0.39 is 23.8 Å². The number of halogens is 4. The number of hydrogen-bond acceptors (Lipinski definition) is 2. The molecule has 2 aromatic rings. The van der Waals surface area contributed by atoms with Gasteiger partial charge in [-0.15, -0.1) is 0 Å². The molecular weight excluding hydrogens is 385 g/mol. The molecule has 1 aliphatic heterocycles. The summed E-state index contributed by atoms with van der Waals surface area (Å²) in [6, 6.07) is 15.2. The van der Waals surface area contributed by atoms with Crippen molar-refractivity contribution in [2.75, 3.05) is 11.4 Å². The van der Waals surface area contributed by atoms with Gasteiger partial charge in [0.1, 0.15) is 0 Å². The highest BCUT2D eigenvalue weighted by atomic mass is 35.5. The number of rotatable bonds is 3. The Labute approximate surface area is 157 Å². The molecule has 136 valence electrons. The van der Waals surface area contributed by atoms with Crippen molar-refractivity contribution >= 4 is 40.1 Å². The summed E-state index contributed by atoms with van der Waals surface area (Å²) >= 11 is 6.96. The van der Waals surface area contributed by atoms with Crippen molar-refractivity contribution in [1.82, 2.24) is 0 Å². The Bertz CT molecular complexity index is 827. The fourth-order valence-corrected chi connectivity index (χ4v) is 4.00. The molecular formula is C18H14ClF3N2OS. The maximum Gasteiger partial charge on any atom is 0.390 e. The van der Waals surface area contributed by atoms with Crippen LogP contribution in [0.2, 0.25) is 5.02 Å². The maximum atomic E-state index is 12.8. The Hall–Kier alpha value is -1.99. The second-order valence-corrected chi connectivity index (χ2v) is 7.42. The van der Waals surface area contributed by atoms with Crippen LogP contribution in [0.1, 0.15) is 16.8 Å². The predicted molar refractivity (Wildman–Crippen MR) is 99.1 cm³/mol. The predicted octanol–water partition coefficient (Wildman–Crippen LogP) is 5.41. The van der Waals surface area contributed by atoms with Gasteiger partial charge in [0, 0.05) is 28.1 Å². The SMILES string of the molecule is O=C(N=C1SC(CC(F)(F)F)CN1c1cccc(Cl)c1)c1ccccc1. The van der Waals surface area contributed by atoms with E-state index in [1.54, 1.807) is 59.5 Å². The normalized spacial score (nSPS) is 19.2. The second-order valence-electron chi connectivity index (χ2n) is 5.72. The summed E-state index contributed by atoms with van der Waals surface area (Å²) in [6.45, 7) is 0.103. The highest BCUT2D eigenvalue weighted by molar-refractivity contribution is 8.15.